The number of aromatic nitrogens is 2. The minimum absolute atomic E-state index is 0.0232. The highest BCUT2D eigenvalue weighted by Gasteiger charge is 2.49. The number of carbonyl (C=O) groups excluding carboxylic acids is 2. The summed E-state index contributed by atoms with van der Waals surface area (Å²) >= 11 is 0. The Morgan fingerprint density at radius 1 is 1.02 bits per heavy atom. The lowest BCUT2D eigenvalue weighted by Gasteiger charge is -2.33. The first-order valence-electron chi connectivity index (χ1n) is 15.8. The van der Waals surface area contributed by atoms with Crippen molar-refractivity contribution >= 4 is 28.8 Å². The monoisotopic (exact) mass is 646 g/mol. The zero-order valence-electron chi connectivity index (χ0n) is 26.3. The number of nitrogens with zero attached hydrogens (tertiary/aromatic N) is 4. The van der Waals surface area contributed by atoms with Crippen molar-refractivity contribution in [3.05, 3.63) is 106 Å². The van der Waals surface area contributed by atoms with Crippen molar-refractivity contribution < 1.29 is 22.8 Å². The number of halogens is 3. The fourth-order valence-corrected chi connectivity index (χ4v) is 6.72. The van der Waals surface area contributed by atoms with Crippen LogP contribution in [0.3, 0.4) is 0 Å². The van der Waals surface area contributed by atoms with Gasteiger partial charge in [-0.1, -0.05) is 62.4 Å². The van der Waals surface area contributed by atoms with E-state index in [4.69, 9.17) is 5.73 Å². The lowest BCUT2D eigenvalue weighted by atomic mass is 9.83. The second kappa shape index (κ2) is 12.4. The maximum atomic E-state index is 14.2. The van der Waals surface area contributed by atoms with Gasteiger partial charge in [-0.3, -0.25) is 19.1 Å². The first kappa shape index (κ1) is 32.1. The number of guanidine groups is 1. The average Bonchev–Trinajstić information content (AvgIpc) is 3.51. The molecule has 2 aliphatic heterocycles. The molecule has 1 unspecified atom stereocenters. The van der Waals surface area contributed by atoms with Gasteiger partial charge in [0.2, 0.25) is 0 Å². The van der Waals surface area contributed by atoms with Crippen molar-refractivity contribution in [1.29, 1.82) is 0 Å². The number of imidazole rings is 1. The molecule has 1 fully saturated rings. The number of fused-ring (bicyclic) bond motifs is 1. The second-order valence-electron chi connectivity index (χ2n) is 12.7. The number of carbonyl (C=O) groups is 2. The molecule has 1 aromatic heterocycles. The first-order chi connectivity index (χ1) is 22.4. The van der Waals surface area contributed by atoms with Gasteiger partial charge in [0, 0.05) is 19.1 Å². The third-order valence-corrected chi connectivity index (χ3v) is 9.22. The Morgan fingerprint density at radius 2 is 1.70 bits per heavy atom. The Hall–Kier alpha value is -4.87. The number of amides is 2. The molecule has 3 aromatic carbocycles. The fraction of sp³-hybridized carbons (Fsp3) is 0.371. The van der Waals surface area contributed by atoms with E-state index in [0.29, 0.717) is 48.2 Å². The van der Waals surface area contributed by atoms with Gasteiger partial charge in [-0.25, -0.2) is 9.79 Å². The van der Waals surface area contributed by atoms with Gasteiger partial charge in [-0.2, -0.15) is 13.2 Å². The van der Waals surface area contributed by atoms with Gasteiger partial charge < -0.3 is 15.6 Å². The van der Waals surface area contributed by atoms with E-state index in [-0.39, 0.29) is 43.2 Å². The summed E-state index contributed by atoms with van der Waals surface area (Å²) in [5.74, 6) is -0.839. The number of benzene rings is 3. The van der Waals surface area contributed by atoms with Crippen molar-refractivity contribution in [2.45, 2.75) is 63.8 Å². The molecule has 246 valence electrons. The summed E-state index contributed by atoms with van der Waals surface area (Å²) in [6, 6.07) is 19.6. The summed E-state index contributed by atoms with van der Waals surface area (Å²) in [6.45, 7) is 4.31. The Bertz CT molecular complexity index is 1890. The van der Waals surface area contributed by atoms with Crippen LogP contribution in [-0.2, 0) is 23.1 Å². The smallest absolute Gasteiger partial charge is 0.369 e. The number of aliphatic imine (C=N–C) groups is 1. The van der Waals surface area contributed by atoms with Gasteiger partial charge in [-0.15, -0.1) is 0 Å². The third-order valence-electron chi connectivity index (χ3n) is 9.22. The Balaban J connectivity index is 1.25. The van der Waals surface area contributed by atoms with E-state index in [0.717, 1.165) is 11.6 Å². The lowest BCUT2D eigenvalue weighted by Crippen LogP contribution is -2.43. The number of hydrogen-bond donors (Lipinski definition) is 2. The standard InChI is InChI=1S/C35H37F3N6O3/c1-22(2)14-17-34(24-8-4-3-5-9-24)31(46)43(32(39)41-34)21-23-12-13-27(35(36,37)38)26(20-23)30(45)42-18-15-25(16-19-42)44-29-11-7-6-10-28(29)40-33(44)47/h3-13,20,22,25H,14-19,21H2,1-2H3,(H2,39,41)(H,40,47). The number of H-pyrrole nitrogens is 1. The van der Waals surface area contributed by atoms with Crippen molar-refractivity contribution in [2.24, 2.45) is 16.6 Å². The van der Waals surface area contributed by atoms with E-state index in [1.807, 2.05) is 62.4 Å². The first-order valence-corrected chi connectivity index (χ1v) is 15.8. The van der Waals surface area contributed by atoms with Gasteiger partial charge in [0.25, 0.3) is 11.8 Å². The van der Waals surface area contributed by atoms with Gasteiger partial charge in [-0.05, 0) is 67.0 Å². The van der Waals surface area contributed by atoms with Gasteiger partial charge >= 0.3 is 11.9 Å². The summed E-state index contributed by atoms with van der Waals surface area (Å²) in [7, 11) is 0. The molecule has 9 nitrogen and oxygen atoms in total. The Morgan fingerprint density at radius 3 is 2.38 bits per heavy atom. The predicted octanol–water partition coefficient (Wildman–Crippen LogP) is 5.81. The molecule has 3 N–H and O–H groups in total. The highest BCUT2D eigenvalue weighted by molar-refractivity contribution is 6.07. The average molecular weight is 647 g/mol. The molecule has 1 atom stereocenters. The third kappa shape index (κ3) is 6.04. The van der Waals surface area contributed by atoms with Crippen molar-refractivity contribution in [1.82, 2.24) is 19.4 Å². The summed E-state index contributed by atoms with van der Waals surface area (Å²) in [5, 5.41) is 0. The number of hydrogen-bond acceptors (Lipinski definition) is 5. The summed E-state index contributed by atoms with van der Waals surface area (Å²) in [4.78, 5) is 50.6. The molecule has 47 heavy (non-hydrogen) atoms. The highest BCUT2D eigenvalue weighted by Crippen LogP contribution is 2.40. The van der Waals surface area contributed by atoms with Crippen molar-refractivity contribution in [2.75, 3.05) is 13.1 Å². The van der Waals surface area contributed by atoms with Crippen LogP contribution in [0.4, 0.5) is 13.2 Å². The highest BCUT2D eigenvalue weighted by atomic mass is 19.4. The van der Waals surface area contributed by atoms with Crippen LogP contribution in [0.5, 0.6) is 0 Å². The van der Waals surface area contributed by atoms with E-state index in [1.165, 1.54) is 21.9 Å². The van der Waals surface area contributed by atoms with Crippen LogP contribution in [0.1, 0.15) is 72.6 Å². The van der Waals surface area contributed by atoms with E-state index >= 15 is 0 Å². The molecule has 3 heterocycles. The minimum atomic E-state index is -4.78. The molecule has 0 spiro atoms. The SMILES string of the molecule is CC(C)CCC1(c2ccccc2)N=C(N)N(Cc2ccc(C(F)(F)F)c(C(=O)N3CCC(n4c(=O)[nH]c5ccccc54)CC3)c2)C1=O. The number of nitrogens with two attached hydrogens (primary N) is 1. The molecular formula is C35H37F3N6O3. The molecule has 1 saturated heterocycles. The fourth-order valence-electron chi connectivity index (χ4n) is 6.72. The predicted molar refractivity (Wildman–Crippen MR) is 173 cm³/mol. The van der Waals surface area contributed by atoms with Crippen LogP contribution in [-0.4, -0.2) is 50.2 Å². The van der Waals surface area contributed by atoms with Crippen LogP contribution in [0, 0.1) is 5.92 Å². The van der Waals surface area contributed by atoms with Crippen LogP contribution in [0.15, 0.2) is 82.6 Å². The molecule has 0 radical (unpaired) electrons. The summed E-state index contributed by atoms with van der Waals surface area (Å²) in [5.41, 5.74) is 5.74. The zero-order valence-corrected chi connectivity index (χ0v) is 26.3. The number of aromatic amines is 1. The quantitative estimate of drug-likeness (QED) is 0.251. The van der Waals surface area contributed by atoms with Crippen LogP contribution in [0.25, 0.3) is 11.0 Å². The van der Waals surface area contributed by atoms with Crippen LogP contribution in [0.2, 0.25) is 0 Å². The van der Waals surface area contributed by atoms with E-state index in [1.54, 1.807) is 10.6 Å². The number of nitrogens with one attached hydrogen (secondary N) is 1. The number of para-hydroxylation sites is 2. The minimum Gasteiger partial charge on any atom is -0.369 e. The van der Waals surface area contributed by atoms with E-state index in [2.05, 4.69) is 9.98 Å². The van der Waals surface area contributed by atoms with Crippen molar-refractivity contribution in [3.63, 3.8) is 0 Å². The molecular weight excluding hydrogens is 609 g/mol. The summed E-state index contributed by atoms with van der Waals surface area (Å²) in [6.07, 6.45) is -2.84. The maximum absolute atomic E-state index is 14.2. The topological polar surface area (TPSA) is 117 Å². The Labute approximate surface area is 269 Å². The number of likely N-dealkylation sites (tertiary alicyclic amines) is 1. The molecule has 12 heteroatoms. The van der Waals surface area contributed by atoms with E-state index < -0.39 is 28.7 Å². The van der Waals surface area contributed by atoms with Crippen molar-refractivity contribution in [3.8, 4) is 0 Å². The maximum Gasteiger partial charge on any atom is 0.417 e. The molecule has 0 saturated carbocycles. The number of alkyl halides is 3. The van der Waals surface area contributed by atoms with Gasteiger partial charge in [0.1, 0.15) is 0 Å². The van der Waals surface area contributed by atoms with E-state index in [9.17, 15) is 27.6 Å². The van der Waals surface area contributed by atoms with Gasteiger partial charge in [0.05, 0.1) is 28.7 Å². The zero-order chi connectivity index (χ0) is 33.5. The molecule has 0 aliphatic carbocycles. The Kier molecular flexibility index (Phi) is 8.46. The van der Waals surface area contributed by atoms with Crippen LogP contribution < -0.4 is 11.4 Å². The number of rotatable bonds is 8. The molecule has 2 amide bonds. The second-order valence-corrected chi connectivity index (χ2v) is 12.7. The molecule has 2 aliphatic rings. The molecule has 4 aromatic rings. The lowest BCUT2D eigenvalue weighted by molar-refractivity contribution is -0.138. The summed E-state index contributed by atoms with van der Waals surface area (Å²) < 4.78 is 44.3. The number of piperidine rings is 1. The molecule has 6 rings (SSSR count). The molecule has 0 bridgehead atoms. The van der Waals surface area contributed by atoms with Crippen LogP contribution >= 0.6 is 0 Å². The normalized spacial score (nSPS) is 19.2. The largest absolute Gasteiger partial charge is 0.417 e. The van der Waals surface area contributed by atoms with Gasteiger partial charge in [0.15, 0.2) is 11.5 Å².